The number of carbonyl (C=O) groups is 1. The first-order valence-corrected chi connectivity index (χ1v) is 7.13. The largest absolute Gasteiger partial charge is 0.384 e. The molecule has 1 aromatic rings. The summed E-state index contributed by atoms with van der Waals surface area (Å²) in [5.41, 5.74) is 5.33. The van der Waals surface area contributed by atoms with Crippen LogP contribution in [0.1, 0.15) is 21.0 Å². The molecule has 19 heavy (non-hydrogen) atoms. The number of rotatable bonds is 3. The van der Waals surface area contributed by atoms with Gasteiger partial charge in [-0.2, -0.15) is 0 Å². The Bertz CT molecular complexity index is 501. The molecule has 0 aromatic carbocycles. The third kappa shape index (κ3) is 3.57. The maximum Gasteiger partial charge on any atom is 0.263 e. The van der Waals surface area contributed by atoms with E-state index in [1.54, 1.807) is 7.11 Å². The molecule has 1 unspecified atom stereocenters. The van der Waals surface area contributed by atoms with Gasteiger partial charge < -0.3 is 15.4 Å². The number of hydrogen-bond donors (Lipinski definition) is 1. The fourth-order valence-electron chi connectivity index (χ4n) is 2.20. The highest BCUT2D eigenvalue weighted by Crippen LogP contribution is 2.22. The van der Waals surface area contributed by atoms with Gasteiger partial charge in [0.2, 0.25) is 0 Å². The van der Waals surface area contributed by atoms with E-state index in [1.807, 2.05) is 17.0 Å². The van der Waals surface area contributed by atoms with Crippen molar-refractivity contribution in [1.29, 1.82) is 0 Å². The molecule has 0 saturated carbocycles. The number of ether oxygens (including phenoxy) is 1. The molecule has 1 aliphatic rings. The summed E-state index contributed by atoms with van der Waals surface area (Å²) in [5, 5.41) is 0. The number of likely N-dealkylation sites (tertiary alicyclic amines) is 1. The van der Waals surface area contributed by atoms with Crippen molar-refractivity contribution in [2.75, 3.05) is 33.4 Å². The first kappa shape index (κ1) is 14.1. The Balaban J connectivity index is 1.98. The predicted octanol–water partition coefficient (Wildman–Crippen LogP) is 1.17. The summed E-state index contributed by atoms with van der Waals surface area (Å²) in [5.74, 6) is 6.31. The van der Waals surface area contributed by atoms with Crippen molar-refractivity contribution < 1.29 is 9.53 Å². The summed E-state index contributed by atoms with van der Waals surface area (Å²) in [4.78, 5) is 15.8. The van der Waals surface area contributed by atoms with E-state index in [0.29, 0.717) is 12.5 Å². The van der Waals surface area contributed by atoms with Crippen LogP contribution in [-0.4, -0.2) is 44.2 Å². The van der Waals surface area contributed by atoms with Crippen LogP contribution in [0.25, 0.3) is 0 Å². The number of nitrogens with two attached hydrogens (primary N) is 1. The van der Waals surface area contributed by atoms with Crippen LogP contribution in [0.15, 0.2) is 12.1 Å². The molecule has 0 radical (unpaired) electrons. The van der Waals surface area contributed by atoms with E-state index >= 15 is 0 Å². The van der Waals surface area contributed by atoms with Crippen LogP contribution in [0.5, 0.6) is 0 Å². The van der Waals surface area contributed by atoms with Crippen molar-refractivity contribution in [3.63, 3.8) is 0 Å². The van der Waals surface area contributed by atoms with Crippen LogP contribution >= 0.6 is 11.3 Å². The van der Waals surface area contributed by atoms with Crippen LogP contribution in [0.2, 0.25) is 0 Å². The van der Waals surface area contributed by atoms with Crippen LogP contribution in [-0.2, 0) is 4.74 Å². The Kier molecular flexibility index (Phi) is 4.97. The molecule has 2 N–H and O–H groups in total. The summed E-state index contributed by atoms with van der Waals surface area (Å²) in [6.07, 6.45) is 1.02. The molecule has 0 bridgehead atoms. The summed E-state index contributed by atoms with van der Waals surface area (Å²) in [6, 6.07) is 3.72. The molecule has 1 aromatic heterocycles. The van der Waals surface area contributed by atoms with E-state index in [1.165, 1.54) is 11.3 Å². The topological polar surface area (TPSA) is 55.6 Å². The third-order valence-corrected chi connectivity index (χ3v) is 4.09. The van der Waals surface area contributed by atoms with Gasteiger partial charge in [0.1, 0.15) is 0 Å². The summed E-state index contributed by atoms with van der Waals surface area (Å²) in [6.45, 7) is 2.66. The lowest BCUT2D eigenvalue weighted by Crippen LogP contribution is -2.28. The molecular formula is C14H18N2O2S. The molecular weight excluding hydrogens is 260 g/mol. The summed E-state index contributed by atoms with van der Waals surface area (Å²) >= 11 is 1.43. The van der Waals surface area contributed by atoms with Crippen molar-refractivity contribution >= 4 is 17.2 Å². The minimum Gasteiger partial charge on any atom is -0.384 e. The first-order chi connectivity index (χ1) is 9.24. The number of thiophene rings is 1. The molecule has 0 aliphatic carbocycles. The molecule has 1 atom stereocenters. The molecule has 0 spiro atoms. The second kappa shape index (κ2) is 6.71. The van der Waals surface area contributed by atoms with Gasteiger partial charge in [-0.05, 0) is 18.6 Å². The minimum absolute atomic E-state index is 0.101. The average Bonchev–Trinajstić information content (AvgIpc) is 3.05. The van der Waals surface area contributed by atoms with Crippen LogP contribution in [0, 0.1) is 17.8 Å². The Morgan fingerprint density at radius 3 is 3.21 bits per heavy atom. The van der Waals surface area contributed by atoms with E-state index in [0.717, 1.165) is 35.9 Å². The highest BCUT2D eigenvalue weighted by molar-refractivity contribution is 7.14. The van der Waals surface area contributed by atoms with Gasteiger partial charge in [0.05, 0.1) is 22.9 Å². The zero-order valence-corrected chi connectivity index (χ0v) is 11.8. The second-order valence-corrected chi connectivity index (χ2v) is 5.61. The van der Waals surface area contributed by atoms with Crippen molar-refractivity contribution in [2.45, 2.75) is 6.42 Å². The quantitative estimate of drug-likeness (QED) is 0.844. The highest BCUT2D eigenvalue weighted by atomic mass is 32.1. The molecule has 102 valence electrons. The number of carbonyl (C=O) groups excluding carboxylic acids is 1. The van der Waals surface area contributed by atoms with E-state index in [-0.39, 0.29) is 5.91 Å². The van der Waals surface area contributed by atoms with Gasteiger partial charge >= 0.3 is 0 Å². The van der Waals surface area contributed by atoms with Crippen LogP contribution < -0.4 is 5.73 Å². The number of methoxy groups -OCH3 is 1. The smallest absolute Gasteiger partial charge is 0.263 e. The van der Waals surface area contributed by atoms with E-state index < -0.39 is 0 Å². The molecule has 1 saturated heterocycles. The number of hydrogen-bond acceptors (Lipinski definition) is 4. The first-order valence-electron chi connectivity index (χ1n) is 6.31. The van der Waals surface area contributed by atoms with Gasteiger partial charge in [-0.15, -0.1) is 11.3 Å². The predicted molar refractivity (Wildman–Crippen MR) is 76.1 cm³/mol. The molecule has 4 nitrogen and oxygen atoms in total. The van der Waals surface area contributed by atoms with Gasteiger partial charge in [-0.3, -0.25) is 4.79 Å². The van der Waals surface area contributed by atoms with E-state index in [4.69, 9.17) is 10.5 Å². The van der Waals surface area contributed by atoms with Gasteiger partial charge in [0, 0.05) is 26.1 Å². The van der Waals surface area contributed by atoms with Crippen molar-refractivity contribution in [1.82, 2.24) is 4.90 Å². The zero-order valence-electron chi connectivity index (χ0n) is 11.0. The maximum absolute atomic E-state index is 12.3. The van der Waals surface area contributed by atoms with Crippen molar-refractivity contribution in [3.05, 3.63) is 21.9 Å². The zero-order chi connectivity index (χ0) is 13.7. The lowest BCUT2D eigenvalue weighted by atomic mass is 10.1. The minimum atomic E-state index is 0.101. The molecule has 1 fully saturated rings. The lowest BCUT2D eigenvalue weighted by molar-refractivity contribution is 0.0780. The fraction of sp³-hybridized carbons (Fsp3) is 0.500. The maximum atomic E-state index is 12.3. The molecule has 2 heterocycles. The Morgan fingerprint density at radius 2 is 2.47 bits per heavy atom. The van der Waals surface area contributed by atoms with Gasteiger partial charge in [-0.1, -0.05) is 11.8 Å². The van der Waals surface area contributed by atoms with E-state index in [2.05, 4.69) is 11.8 Å². The molecule has 1 amide bonds. The van der Waals surface area contributed by atoms with Gasteiger partial charge in [-0.25, -0.2) is 0 Å². The van der Waals surface area contributed by atoms with Crippen molar-refractivity contribution in [3.8, 4) is 11.8 Å². The Morgan fingerprint density at radius 1 is 1.63 bits per heavy atom. The summed E-state index contributed by atoms with van der Waals surface area (Å²) < 4.78 is 5.14. The summed E-state index contributed by atoms with van der Waals surface area (Å²) in [7, 11) is 1.70. The standard InChI is InChI=1S/C14H18N2O2S/c1-18-10-11-6-8-16(9-11)14(17)13-5-4-12(19-13)3-2-7-15/h4-5,11H,6-10,15H2,1H3. The molecule has 2 rings (SSSR count). The second-order valence-electron chi connectivity index (χ2n) is 4.53. The van der Waals surface area contributed by atoms with E-state index in [9.17, 15) is 4.79 Å². The monoisotopic (exact) mass is 278 g/mol. The van der Waals surface area contributed by atoms with Gasteiger partial charge in [0.25, 0.3) is 5.91 Å². The number of nitrogens with zero attached hydrogens (tertiary/aromatic N) is 1. The van der Waals surface area contributed by atoms with Crippen molar-refractivity contribution in [2.24, 2.45) is 11.7 Å². The van der Waals surface area contributed by atoms with Crippen LogP contribution in [0.3, 0.4) is 0 Å². The number of amides is 1. The average molecular weight is 278 g/mol. The molecule has 5 heteroatoms. The van der Waals surface area contributed by atoms with Crippen LogP contribution in [0.4, 0.5) is 0 Å². The normalized spacial score (nSPS) is 18.2. The molecule has 1 aliphatic heterocycles. The Labute approximate surface area is 117 Å². The lowest BCUT2D eigenvalue weighted by Gasteiger charge is -2.15. The highest BCUT2D eigenvalue weighted by Gasteiger charge is 2.27. The SMILES string of the molecule is COCC1CCN(C(=O)c2ccc(C#CCN)s2)C1. The Hall–Kier alpha value is -1.35. The third-order valence-electron chi connectivity index (χ3n) is 3.11. The van der Waals surface area contributed by atoms with Gasteiger partial charge in [0.15, 0.2) is 0 Å². The fourth-order valence-corrected chi connectivity index (χ4v) is 3.05.